The minimum absolute atomic E-state index is 0.101. The maximum Gasteiger partial charge on any atom is 0.416 e. The molecule has 0 saturated carbocycles. The Balaban J connectivity index is 1.95. The first-order valence-corrected chi connectivity index (χ1v) is 11.7. The Hall–Kier alpha value is -2.34. The van der Waals surface area contributed by atoms with Crippen molar-refractivity contribution in [1.82, 2.24) is 10.3 Å². The number of halogens is 7. The lowest BCUT2D eigenvalue weighted by Gasteiger charge is -2.39. The van der Waals surface area contributed by atoms with E-state index in [0.29, 0.717) is 41.0 Å². The van der Waals surface area contributed by atoms with Crippen LogP contribution in [0.2, 0.25) is 0 Å². The van der Waals surface area contributed by atoms with E-state index < -0.39 is 35.6 Å². The highest BCUT2D eigenvalue weighted by Crippen LogP contribution is 2.40. The van der Waals surface area contributed by atoms with Crippen LogP contribution in [0.1, 0.15) is 62.0 Å². The number of carbonyl (C=O) groups is 1. The smallest absolute Gasteiger partial charge is 0.416 e. The zero-order chi connectivity index (χ0) is 26.1. The number of pyridine rings is 1. The van der Waals surface area contributed by atoms with Gasteiger partial charge in [0.15, 0.2) is 0 Å². The van der Waals surface area contributed by atoms with Gasteiger partial charge < -0.3 is 10.1 Å². The molecule has 3 rings (SSSR count). The number of alkyl halides is 6. The van der Waals surface area contributed by atoms with Gasteiger partial charge >= 0.3 is 18.4 Å². The minimum Gasteiger partial charge on any atom is -0.446 e. The van der Waals surface area contributed by atoms with Crippen LogP contribution < -0.4 is 10.2 Å². The average molecular weight is 568 g/mol. The highest BCUT2D eigenvalue weighted by atomic mass is 79.9. The summed E-state index contributed by atoms with van der Waals surface area (Å²) in [6.07, 6.45) is -9.88. The van der Waals surface area contributed by atoms with Gasteiger partial charge in [-0.1, -0.05) is 6.92 Å². The fourth-order valence-electron chi connectivity index (χ4n) is 3.99. The number of benzene rings is 1. The van der Waals surface area contributed by atoms with Crippen molar-refractivity contribution >= 4 is 27.7 Å². The van der Waals surface area contributed by atoms with Crippen molar-refractivity contribution in [2.24, 2.45) is 0 Å². The normalized spacial score (nSPS) is 18.5. The number of rotatable bonds is 5. The summed E-state index contributed by atoms with van der Waals surface area (Å²) in [5.41, 5.74) is -2.01. The predicted octanol–water partition coefficient (Wildman–Crippen LogP) is 7.25. The molecule has 0 fully saturated rings. The molecular formula is C23H24BrF6N3O2. The summed E-state index contributed by atoms with van der Waals surface area (Å²) < 4.78 is 85.2. The van der Waals surface area contributed by atoms with Crippen LogP contribution in [0.15, 0.2) is 34.9 Å². The van der Waals surface area contributed by atoms with E-state index >= 15 is 0 Å². The van der Waals surface area contributed by atoms with Gasteiger partial charge in [0.1, 0.15) is 4.60 Å². The van der Waals surface area contributed by atoms with Crippen LogP contribution in [-0.2, 0) is 23.6 Å². The second kappa shape index (κ2) is 10.3. The third kappa shape index (κ3) is 6.46. The van der Waals surface area contributed by atoms with Crippen molar-refractivity contribution in [1.29, 1.82) is 0 Å². The van der Waals surface area contributed by atoms with Gasteiger partial charge in [-0.2, -0.15) is 26.3 Å². The van der Waals surface area contributed by atoms with Crippen LogP contribution in [0.5, 0.6) is 0 Å². The number of carbonyl (C=O) groups excluding carboxylic acids is 1. The maximum absolute atomic E-state index is 13.2. The molecule has 0 radical (unpaired) electrons. The first kappa shape index (κ1) is 27.3. The Morgan fingerprint density at radius 1 is 1.14 bits per heavy atom. The Morgan fingerprint density at radius 2 is 1.74 bits per heavy atom. The third-order valence-corrected chi connectivity index (χ3v) is 5.98. The molecule has 2 atom stereocenters. The fraction of sp³-hybridized carbons (Fsp3) is 0.478. The summed E-state index contributed by atoms with van der Waals surface area (Å²) >= 11 is 3.28. The number of hydrogen-bond acceptors (Lipinski definition) is 4. The Kier molecular flexibility index (Phi) is 8.05. The molecule has 1 aliphatic rings. The molecule has 192 valence electrons. The van der Waals surface area contributed by atoms with Gasteiger partial charge in [-0.05, 0) is 78.5 Å². The van der Waals surface area contributed by atoms with Gasteiger partial charge in [0.25, 0.3) is 0 Å². The standard InChI is InChI=1S/C23H24BrF6N3O2/c1-4-16-10-17(20-18(5-6-19(24)32-20)33(16)21(34)35-12(2)3)31-11-13-7-14(22(25,26)27)9-15(8-13)23(28,29)30/h5-9,12,16-17,31H,4,10-11H2,1-3H3/t16-,17+/m0/s1. The predicted molar refractivity (Wildman–Crippen MR) is 121 cm³/mol. The van der Waals surface area contributed by atoms with Crippen LogP contribution in [0.3, 0.4) is 0 Å². The summed E-state index contributed by atoms with van der Waals surface area (Å²) in [6, 6.07) is 3.97. The van der Waals surface area contributed by atoms with Gasteiger partial charge in [-0.3, -0.25) is 4.90 Å². The van der Waals surface area contributed by atoms with Gasteiger partial charge in [0.2, 0.25) is 0 Å². The lowest BCUT2D eigenvalue weighted by atomic mass is 9.93. The van der Waals surface area contributed by atoms with Gasteiger partial charge in [-0.15, -0.1) is 0 Å². The number of ether oxygens (including phenoxy) is 1. The van der Waals surface area contributed by atoms with E-state index in [1.807, 2.05) is 6.92 Å². The number of nitrogens with one attached hydrogen (secondary N) is 1. The third-order valence-electron chi connectivity index (χ3n) is 5.54. The molecule has 1 aromatic heterocycles. The highest BCUT2D eigenvalue weighted by Gasteiger charge is 2.39. The van der Waals surface area contributed by atoms with Gasteiger partial charge in [0.05, 0.1) is 34.7 Å². The van der Waals surface area contributed by atoms with E-state index in [1.54, 1.807) is 26.0 Å². The molecule has 1 aromatic carbocycles. The van der Waals surface area contributed by atoms with E-state index in [4.69, 9.17) is 4.74 Å². The minimum atomic E-state index is -4.93. The van der Waals surface area contributed by atoms with E-state index in [0.717, 1.165) is 0 Å². The van der Waals surface area contributed by atoms with Crippen LogP contribution in [-0.4, -0.2) is 23.2 Å². The number of anilines is 1. The molecular weight excluding hydrogens is 544 g/mol. The van der Waals surface area contributed by atoms with Gasteiger partial charge in [-0.25, -0.2) is 9.78 Å². The molecule has 0 bridgehead atoms. The number of nitrogens with zero attached hydrogens (tertiary/aromatic N) is 2. The van der Waals surface area contributed by atoms with E-state index in [1.165, 1.54) is 4.90 Å². The molecule has 1 N–H and O–H groups in total. The highest BCUT2D eigenvalue weighted by molar-refractivity contribution is 9.10. The number of fused-ring (bicyclic) bond motifs is 1. The summed E-state index contributed by atoms with van der Waals surface area (Å²) in [6.45, 7) is 5.05. The lowest BCUT2D eigenvalue weighted by molar-refractivity contribution is -0.143. The first-order chi connectivity index (χ1) is 16.2. The Morgan fingerprint density at radius 3 is 2.26 bits per heavy atom. The largest absolute Gasteiger partial charge is 0.446 e. The van der Waals surface area contributed by atoms with Crippen molar-refractivity contribution in [2.75, 3.05) is 4.90 Å². The molecule has 5 nitrogen and oxygen atoms in total. The topological polar surface area (TPSA) is 54.5 Å². The molecule has 1 amide bonds. The number of hydrogen-bond donors (Lipinski definition) is 1. The van der Waals surface area contributed by atoms with Crippen molar-refractivity contribution in [2.45, 2.75) is 70.7 Å². The molecule has 35 heavy (non-hydrogen) atoms. The Bertz CT molecular complexity index is 1040. The van der Waals surface area contributed by atoms with E-state index in [2.05, 4.69) is 26.2 Å². The zero-order valence-corrected chi connectivity index (χ0v) is 20.7. The number of aromatic nitrogens is 1. The summed E-state index contributed by atoms with van der Waals surface area (Å²) in [7, 11) is 0. The zero-order valence-electron chi connectivity index (χ0n) is 19.1. The molecule has 2 aromatic rings. The number of amides is 1. The molecule has 0 aliphatic carbocycles. The molecule has 0 saturated heterocycles. The van der Waals surface area contributed by atoms with Crippen molar-refractivity contribution in [3.63, 3.8) is 0 Å². The molecule has 0 spiro atoms. The van der Waals surface area contributed by atoms with Crippen molar-refractivity contribution < 1.29 is 35.9 Å². The van der Waals surface area contributed by atoms with Gasteiger partial charge in [0, 0.05) is 12.6 Å². The average Bonchev–Trinajstić information content (AvgIpc) is 2.75. The molecule has 2 heterocycles. The first-order valence-electron chi connectivity index (χ1n) is 10.9. The van der Waals surface area contributed by atoms with Crippen LogP contribution >= 0.6 is 15.9 Å². The monoisotopic (exact) mass is 567 g/mol. The summed E-state index contributed by atoms with van der Waals surface area (Å²) in [5.74, 6) is 0. The van der Waals surface area contributed by atoms with Crippen LogP contribution in [0, 0.1) is 0 Å². The Labute approximate surface area is 207 Å². The molecule has 12 heteroatoms. The summed E-state index contributed by atoms with van der Waals surface area (Å²) in [4.78, 5) is 18.8. The maximum atomic E-state index is 13.2. The van der Waals surface area contributed by atoms with Crippen LogP contribution in [0.25, 0.3) is 0 Å². The van der Waals surface area contributed by atoms with Crippen LogP contribution in [0.4, 0.5) is 36.8 Å². The van der Waals surface area contributed by atoms with Crippen molar-refractivity contribution in [3.05, 3.63) is 57.3 Å². The van der Waals surface area contributed by atoms with E-state index in [-0.39, 0.29) is 30.3 Å². The second-order valence-corrected chi connectivity index (χ2v) is 9.30. The molecule has 0 unspecified atom stereocenters. The molecule has 1 aliphatic heterocycles. The fourth-order valence-corrected chi connectivity index (χ4v) is 4.31. The van der Waals surface area contributed by atoms with E-state index in [9.17, 15) is 31.1 Å². The quantitative estimate of drug-likeness (QED) is 0.305. The second-order valence-electron chi connectivity index (χ2n) is 8.49. The van der Waals surface area contributed by atoms with Crippen molar-refractivity contribution in [3.8, 4) is 0 Å². The SMILES string of the molecule is CC[C@H]1C[C@@H](NCc2cc(C(F)(F)F)cc(C(F)(F)F)c2)c2nc(Br)ccc2N1C(=O)OC(C)C. The lowest BCUT2D eigenvalue weighted by Crippen LogP contribution is -2.47. The summed E-state index contributed by atoms with van der Waals surface area (Å²) in [5, 5.41) is 3.05.